The summed E-state index contributed by atoms with van der Waals surface area (Å²) in [6, 6.07) is 2.54. The Bertz CT molecular complexity index is 634. The van der Waals surface area contributed by atoms with Crippen molar-refractivity contribution in [2.75, 3.05) is 32.7 Å². The fourth-order valence-corrected chi connectivity index (χ4v) is 4.57. The predicted molar refractivity (Wildman–Crippen MR) is 90.6 cm³/mol. The molecule has 2 rings (SSSR count). The van der Waals surface area contributed by atoms with Crippen molar-refractivity contribution in [2.24, 2.45) is 0 Å². The zero-order valence-corrected chi connectivity index (χ0v) is 15.2. The van der Waals surface area contributed by atoms with E-state index in [1.54, 1.807) is 0 Å². The van der Waals surface area contributed by atoms with Gasteiger partial charge in [-0.1, -0.05) is 34.8 Å². The van der Waals surface area contributed by atoms with Gasteiger partial charge in [-0.3, -0.25) is 4.90 Å². The molecule has 1 aromatic rings. The summed E-state index contributed by atoms with van der Waals surface area (Å²) in [6.45, 7) is 6.10. The van der Waals surface area contributed by atoms with Crippen LogP contribution in [0.2, 0.25) is 15.1 Å². The molecular weight excluding hydrogens is 369 g/mol. The highest BCUT2D eigenvalue weighted by atomic mass is 35.5. The van der Waals surface area contributed by atoms with Crippen LogP contribution in [-0.2, 0) is 10.0 Å². The maximum Gasteiger partial charge on any atom is 0.242 e. The predicted octanol–water partition coefficient (Wildman–Crippen LogP) is 2.22. The lowest BCUT2D eigenvalue weighted by Gasteiger charge is -2.29. The molecule has 5 nitrogen and oxygen atoms in total. The minimum absolute atomic E-state index is 0.0426. The van der Waals surface area contributed by atoms with Gasteiger partial charge < -0.3 is 5.32 Å². The number of halogens is 3. The van der Waals surface area contributed by atoms with Gasteiger partial charge in [0.15, 0.2) is 0 Å². The number of hydrogen-bond acceptors (Lipinski definition) is 4. The van der Waals surface area contributed by atoms with E-state index in [1.165, 1.54) is 12.1 Å². The zero-order chi connectivity index (χ0) is 16.3. The minimum Gasteiger partial charge on any atom is -0.314 e. The van der Waals surface area contributed by atoms with Gasteiger partial charge in [-0.05, 0) is 19.1 Å². The molecule has 0 saturated carbocycles. The van der Waals surface area contributed by atoms with Gasteiger partial charge in [0.1, 0.15) is 4.90 Å². The summed E-state index contributed by atoms with van der Waals surface area (Å²) in [5, 5.41) is 3.46. The van der Waals surface area contributed by atoms with Gasteiger partial charge in [-0.25, -0.2) is 13.1 Å². The number of rotatable bonds is 5. The fraction of sp³-hybridized carbons (Fsp3) is 0.538. The standard InChI is InChI=1S/C13H18Cl3N3O2S/c1-9(8-19-6-4-17-5-7-19)18-22(20,21)11-3-2-10(14)12(15)13(11)16/h2-3,9,17-18H,4-8H2,1H3. The van der Waals surface area contributed by atoms with Crippen molar-refractivity contribution in [3.63, 3.8) is 0 Å². The number of nitrogens with one attached hydrogen (secondary N) is 2. The molecule has 1 heterocycles. The van der Waals surface area contributed by atoms with Crippen LogP contribution in [0.4, 0.5) is 0 Å². The monoisotopic (exact) mass is 385 g/mol. The third kappa shape index (κ3) is 4.47. The highest BCUT2D eigenvalue weighted by Crippen LogP contribution is 2.34. The van der Waals surface area contributed by atoms with Gasteiger partial charge in [0, 0.05) is 38.8 Å². The Labute approximate surface area is 146 Å². The van der Waals surface area contributed by atoms with E-state index in [2.05, 4.69) is 14.9 Å². The summed E-state index contributed by atoms with van der Waals surface area (Å²) >= 11 is 17.7. The quantitative estimate of drug-likeness (QED) is 0.762. The highest BCUT2D eigenvalue weighted by molar-refractivity contribution is 7.89. The van der Waals surface area contributed by atoms with Crippen LogP contribution in [0, 0.1) is 0 Å². The molecule has 0 aromatic heterocycles. The number of sulfonamides is 1. The van der Waals surface area contributed by atoms with Gasteiger partial charge >= 0.3 is 0 Å². The molecule has 9 heteroatoms. The number of hydrogen-bond donors (Lipinski definition) is 2. The molecule has 0 bridgehead atoms. The molecule has 0 spiro atoms. The molecule has 2 N–H and O–H groups in total. The first-order valence-electron chi connectivity index (χ1n) is 6.90. The topological polar surface area (TPSA) is 61.4 Å². The summed E-state index contributed by atoms with van der Waals surface area (Å²) in [6.07, 6.45) is 0. The van der Waals surface area contributed by atoms with Crippen LogP contribution in [0.15, 0.2) is 17.0 Å². The number of piperazine rings is 1. The molecule has 124 valence electrons. The van der Waals surface area contributed by atoms with E-state index in [9.17, 15) is 8.42 Å². The summed E-state index contributed by atoms with van der Waals surface area (Å²) in [4.78, 5) is 2.15. The van der Waals surface area contributed by atoms with Gasteiger partial charge in [0.05, 0.1) is 15.1 Å². The normalized spacial score (nSPS) is 18.4. The minimum atomic E-state index is -3.75. The summed E-state index contributed by atoms with van der Waals surface area (Å²) in [5.41, 5.74) is 0. The molecule has 1 aliphatic heterocycles. The van der Waals surface area contributed by atoms with Crippen LogP contribution in [0.5, 0.6) is 0 Å². The lowest BCUT2D eigenvalue weighted by atomic mass is 10.3. The Morgan fingerprint density at radius 1 is 1.23 bits per heavy atom. The molecule has 0 radical (unpaired) electrons. The van der Waals surface area contributed by atoms with E-state index < -0.39 is 10.0 Å². The van der Waals surface area contributed by atoms with Crippen LogP contribution in [0.1, 0.15) is 6.92 Å². The highest BCUT2D eigenvalue weighted by Gasteiger charge is 2.24. The van der Waals surface area contributed by atoms with Gasteiger partial charge in [-0.15, -0.1) is 0 Å². The van der Waals surface area contributed by atoms with Crippen molar-refractivity contribution in [2.45, 2.75) is 17.9 Å². The van der Waals surface area contributed by atoms with E-state index >= 15 is 0 Å². The van der Waals surface area contributed by atoms with E-state index in [4.69, 9.17) is 34.8 Å². The Balaban J connectivity index is 2.08. The zero-order valence-electron chi connectivity index (χ0n) is 12.1. The lowest BCUT2D eigenvalue weighted by molar-refractivity contribution is 0.227. The molecule has 1 saturated heterocycles. The van der Waals surface area contributed by atoms with Crippen molar-refractivity contribution in [1.82, 2.24) is 14.9 Å². The largest absolute Gasteiger partial charge is 0.314 e. The van der Waals surface area contributed by atoms with E-state index in [1.807, 2.05) is 6.92 Å². The molecule has 1 aromatic carbocycles. The molecule has 22 heavy (non-hydrogen) atoms. The average Bonchev–Trinajstić information content (AvgIpc) is 2.44. The first-order chi connectivity index (χ1) is 10.3. The lowest BCUT2D eigenvalue weighted by Crippen LogP contribution is -2.49. The van der Waals surface area contributed by atoms with E-state index in [0.717, 1.165) is 26.2 Å². The molecule has 1 unspecified atom stereocenters. The molecule has 1 fully saturated rings. The molecular formula is C13H18Cl3N3O2S. The Kier molecular flexibility index (Phi) is 6.36. The Morgan fingerprint density at radius 2 is 1.86 bits per heavy atom. The van der Waals surface area contributed by atoms with Crippen LogP contribution < -0.4 is 10.0 Å². The third-order valence-electron chi connectivity index (χ3n) is 3.39. The Morgan fingerprint density at radius 3 is 2.50 bits per heavy atom. The second-order valence-corrected chi connectivity index (χ2v) is 8.09. The first kappa shape index (κ1) is 18.3. The van der Waals surface area contributed by atoms with Crippen molar-refractivity contribution < 1.29 is 8.42 Å². The second-order valence-electron chi connectivity index (χ2n) is 5.25. The van der Waals surface area contributed by atoms with Gasteiger partial charge in [0.25, 0.3) is 0 Å². The van der Waals surface area contributed by atoms with Crippen LogP contribution in [0.3, 0.4) is 0 Å². The summed E-state index contributed by atoms with van der Waals surface area (Å²) in [5.74, 6) is 0. The van der Waals surface area contributed by atoms with Crippen molar-refractivity contribution >= 4 is 44.8 Å². The summed E-state index contributed by atoms with van der Waals surface area (Å²) < 4.78 is 27.5. The van der Waals surface area contributed by atoms with E-state index in [0.29, 0.717) is 6.54 Å². The third-order valence-corrected chi connectivity index (χ3v) is 6.42. The van der Waals surface area contributed by atoms with Gasteiger partial charge in [-0.2, -0.15) is 0 Å². The molecule has 1 aliphatic rings. The maximum absolute atomic E-state index is 12.4. The smallest absolute Gasteiger partial charge is 0.242 e. The van der Waals surface area contributed by atoms with Crippen LogP contribution >= 0.6 is 34.8 Å². The second kappa shape index (κ2) is 7.66. The number of nitrogens with zero attached hydrogens (tertiary/aromatic N) is 1. The van der Waals surface area contributed by atoms with Crippen molar-refractivity contribution in [3.05, 3.63) is 27.2 Å². The fourth-order valence-electron chi connectivity index (χ4n) is 2.36. The van der Waals surface area contributed by atoms with Crippen LogP contribution in [0.25, 0.3) is 0 Å². The van der Waals surface area contributed by atoms with Gasteiger partial charge in [0.2, 0.25) is 10.0 Å². The number of benzene rings is 1. The first-order valence-corrected chi connectivity index (χ1v) is 9.52. The van der Waals surface area contributed by atoms with Crippen molar-refractivity contribution in [3.8, 4) is 0 Å². The van der Waals surface area contributed by atoms with E-state index in [-0.39, 0.29) is 26.0 Å². The average molecular weight is 387 g/mol. The molecule has 1 atom stereocenters. The summed E-state index contributed by atoms with van der Waals surface area (Å²) in [7, 11) is -3.75. The van der Waals surface area contributed by atoms with Crippen molar-refractivity contribution in [1.29, 1.82) is 0 Å². The SMILES string of the molecule is CC(CN1CCNCC1)NS(=O)(=O)c1ccc(Cl)c(Cl)c1Cl. The Hall–Kier alpha value is -0.0800. The molecule has 0 aliphatic carbocycles. The molecule has 0 amide bonds. The maximum atomic E-state index is 12.4. The van der Waals surface area contributed by atoms with Crippen LogP contribution in [-0.4, -0.2) is 52.1 Å².